The molecule has 1 saturated carbocycles. The Kier molecular flexibility index (Phi) is 8.54. The molecule has 18 heavy (non-hydrogen) atoms. The molecule has 1 fully saturated rings. The Balaban J connectivity index is 1.89. The maximum atomic E-state index is 9.65. The smallest absolute Gasteiger partial charge is 0.0897 e. The fourth-order valence-electron chi connectivity index (χ4n) is 1.95. The third kappa shape index (κ3) is 7.28. The van der Waals surface area contributed by atoms with Crippen LogP contribution in [0.15, 0.2) is 0 Å². The SMILES string of the molecule is CCN(CCNCC(O)COCCOC)C1CC1. The molecular formula is C13H28N2O3. The van der Waals surface area contributed by atoms with E-state index in [1.807, 2.05) is 0 Å². The van der Waals surface area contributed by atoms with Crippen molar-refractivity contribution in [2.45, 2.75) is 31.9 Å². The Morgan fingerprint density at radius 2 is 2.17 bits per heavy atom. The van der Waals surface area contributed by atoms with Gasteiger partial charge in [-0.15, -0.1) is 0 Å². The lowest BCUT2D eigenvalue weighted by atomic mass is 10.3. The van der Waals surface area contributed by atoms with Gasteiger partial charge in [-0.2, -0.15) is 0 Å². The zero-order chi connectivity index (χ0) is 13.2. The minimum atomic E-state index is -0.433. The molecule has 0 bridgehead atoms. The number of hydrogen-bond acceptors (Lipinski definition) is 5. The molecule has 1 unspecified atom stereocenters. The van der Waals surface area contributed by atoms with E-state index < -0.39 is 6.10 Å². The zero-order valence-corrected chi connectivity index (χ0v) is 11.7. The highest BCUT2D eigenvalue weighted by Crippen LogP contribution is 2.25. The molecule has 0 aromatic rings. The summed E-state index contributed by atoms with van der Waals surface area (Å²) in [5.74, 6) is 0. The number of nitrogens with zero attached hydrogens (tertiary/aromatic N) is 1. The van der Waals surface area contributed by atoms with Crippen molar-refractivity contribution in [1.82, 2.24) is 10.2 Å². The summed E-state index contributed by atoms with van der Waals surface area (Å²) in [5.41, 5.74) is 0. The summed E-state index contributed by atoms with van der Waals surface area (Å²) in [7, 11) is 1.64. The second kappa shape index (κ2) is 9.69. The van der Waals surface area contributed by atoms with E-state index in [0.29, 0.717) is 26.4 Å². The molecule has 1 rings (SSSR count). The van der Waals surface area contributed by atoms with Gasteiger partial charge in [0.25, 0.3) is 0 Å². The number of hydrogen-bond donors (Lipinski definition) is 2. The number of likely N-dealkylation sites (N-methyl/N-ethyl adjacent to an activating group) is 1. The van der Waals surface area contributed by atoms with Gasteiger partial charge >= 0.3 is 0 Å². The Bertz CT molecular complexity index is 201. The van der Waals surface area contributed by atoms with Crippen molar-refractivity contribution in [2.24, 2.45) is 0 Å². The van der Waals surface area contributed by atoms with E-state index >= 15 is 0 Å². The molecule has 108 valence electrons. The quantitative estimate of drug-likeness (QED) is 0.487. The van der Waals surface area contributed by atoms with Crippen molar-refractivity contribution < 1.29 is 14.6 Å². The van der Waals surface area contributed by atoms with E-state index in [4.69, 9.17) is 9.47 Å². The first kappa shape index (κ1) is 15.9. The minimum Gasteiger partial charge on any atom is -0.389 e. The van der Waals surface area contributed by atoms with Gasteiger partial charge in [0.15, 0.2) is 0 Å². The average Bonchev–Trinajstić information content (AvgIpc) is 3.19. The number of aliphatic hydroxyl groups excluding tert-OH is 1. The van der Waals surface area contributed by atoms with Crippen molar-refractivity contribution >= 4 is 0 Å². The van der Waals surface area contributed by atoms with Gasteiger partial charge in [-0.05, 0) is 19.4 Å². The molecule has 0 heterocycles. The second-order valence-electron chi connectivity index (χ2n) is 4.79. The predicted molar refractivity (Wildman–Crippen MR) is 71.8 cm³/mol. The molecule has 1 aliphatic carbocycles. The van der Waals surface area contributed by atoms with Crippen LogP contribution in [-0.4, -0.2) is 75.3 Å². The lowest BCUT2D eigenvalue weighted by Gasteiger charge is -2.20. The largest absolute Gasteiger partial charge is 0.389 e. The van der Waals surface area contributed by atoms with E-state index in [9.17, 15) is 5.11 Å². The molecule has 0 saturated heterocycles. The molecule has 0 aromatic carbocycles. The lowest BCUT2D eigenvalue weighted by molar-refractivity contribution is 0.0137. The van der Waals surface area contributed by atoms with Crippen LogP contribution in [0.4, 0.5) is 0 Å². The van der Waals surface area contributed by atoms with Crippen molar-refractivity contribution in [3.63, 3.8) is 0 Å². The molecule has 2 N–H and O–H groups in total. The van der Waals surface area contributed by atoms with Crippen LogP contribution >= 0.6 is 0 Å². The van der Waals surface area contributed by atoms with Crippen molar-refractivity contribution in [2.75, 3.05) is 53.1 Å². The third-order valence-electron chi connectivity index (χ3n) is 3.17. The molecule has 0 spiro atoms. The summed E-state index contributed by atoms with van der Waals surface area (Å²) in [6.07, 6.45) is 2.27. The first-order chi connectivity index (χ1) is 8.77. The van der Waals surface area contributed by atoms with Crippen LogP contribution in [0.1, 0.15) is 19.8 Å². The molecule has 0 aliphatic heterocycles. The highest BCUT2D eigenvalue weighted by Gasteiger charge is 2.26. The molecule has 1 aliphatic rings. The average molecular weight is 260 g/mol. The molecule has 0 amide bonds. The van der Waals surface area contributed by atoms with E-state index in [1.54, 1.807) is 7.11 Å². The van der Waals surface area contributed by atoms with Crippen LogP contribution in [0.3, 0.4) is 0 Å². The van der Waals surface area contributed by atoms with Crippen LogP contribution in [0.2, 0.25) is 0 Å². The summed E-state index contributed by atoms with van der Waals surface area (Å²) < 4.78 is 10.1. The maximum Gasteiger partial charge on any atom is 0.0897 e. The maximum absolute atomic E-state index is 9.65. The summed E-state index contributed by atoms with van der Waals surface area (Å²) in [5, 5.41) is 12.9. The van der Waals surface area contributed by atoms with Crippen LogP contribution in [-0.2, 0) is 9.47 Å². The van der Waals surface area contributed by atoms with Gasteiger partial charge in [-0.1, -0.05) is 6.92 Å². The van der Waals surface area contributed by atoms with Crippen LogP contribution in [0, 0.1) is 0 Å². The van der Waals surface area contributed by atoms with Crippen molar-refractivity contribution in [3.8, 4) is 0 Å². The highest BCUT2D eigenvalue weighted by molar-refractivity contribution is 4.84. The summed E-state index contributed by atoms with van der Waals surface area (Å²) in [6, 6.07) is 0.819. The number of rotatable bonds is 12. The normalized spacial score (nSPS) is 17.3. The van der Waals surface area contributed by atoms with Crippen molar-refractivity contribution in [1.29, 1.82) is 0 Å². The summed E-state index contributed by atoms with van der Waals surface area (Å²) in [6.45, 7) is 7.40. The van der Waals surface area contributed by atoms with Crippen molar-refractivity contribution in [3.05, 3.63) is 0 Å². The zero-order valence-electron chi connectivity index (χ0n) is 11.7. The highest BCUT2D eigenvalue weighted by atomic mass is 16.5. The summed E-state index contributed by atoms with van der Waals surface area (Å²) in [4.78, 5) is 2.49. The Morgan fingerprint density at radius 1 is 1.39 bits per heavy atom. The van der Waals surface area contributed by atoms with Gasteiger partial charge in [0, 0.05) is 32.8 Å². The van der Waals surface area contributed by atoms with Gasteiger partial charge in [-0.25, -0.2) is 0 Å². The Hall–Kier alpha value is -0.200. The lowest BCUT2D eigenvalue weighted by Crippen LogP contribution is -2.37. The standard InChI is InChI=1S/C13H28N2O3/c1-3-15(12-4-5-12)7-6-14-10-13(16)11-18-9-8-17-2/h12-14,16H,3-11H2,1-2H3. The van der Waals surface area contributed by atoms with Gasteiger partial charge in [0.1, 0.15) is 0 Å². The molecule has 0 radical (unpaired) electrons. The number of methoxy groups -OCH3 is 1. The molecule has 1 atom stereocenters. The van der Waals surface area contributed by atoms with Gasteiger partial charge in [0.2, 0.25) is 0 Å². The Labute approximate surface area is 110 Å². The van der Waals surface area contributed by atoms with E-state index in [-0.39, 0.29) is 0 Å². The number of nitrogens with one attached hydrogen (secondary N) is 1. The first-order valence-electron chi connectivity index (χ1n) is 6.97. The van der Waals surface area contributed by atoms with Gasteiger partial charge < -0.3 is 19.9 Å². The van der Waals surface area contributed by atoms with E-state index in [2.05, 4.69) is 17.1 Å². The van der Waals surface area contributed by atoms with E-state index in [1.165, 1.54) is 12.8 Å². The predicted octanol–water partition coefficient (Wildman–Crippen LogP) is 0.0842. The molecule has 0 aromatic heterocycles. The topological polar surface area (TPSA) is 54.0 Å². The van der Waals surface area contributed by atoms with Crippen LogP contribution in [0.5, 0.6) is 0 Å². The number of ether oxygens (including phenoxy) is 2. The minimum absolute atomic E-state index is 0.372. The molecule has 5 nitrogen and oxygen atoms in total. The second-order valence-corrected chi connectivity index (χ2v) is 4.79. The fourth-order valence-corrected chi connectivity index (χ4v) is 1.95. The van der Waals surface area contributed by atoms with Crippen LogP contribution in [0.25, 0.3) is 0 Å². The third-order valence-corrected chi connectivity index (χ3v) is 3.17. The molecule has 5 heteroatoms. The fraction of sp³-hybridized carbons (Fsp3) is 1.00. The van der Waals surface area contributed by atoms with Gasteiger partial charge in [0.05, 0.1) is 25.9 Å². The van der Waals surface area contributed by atoms with E-state index in [0.717, 1.165) is 25.7 Å². The monoisotopic (exact) mass is 260 g/mol. The first-order valence-corrected chi connectivity index (χ1v) is 6.97. The number of aliphatic hydroxyl groups is 1. The summed E-state index contributed by atoms with van der Waals surface area (Å²) >= 11 is 0. The molecular weight excluding hydrogens is 232 g/mol. The van der Waals surface area contributed by atoms with Crippen LogP contribution < -0.4 is 5.32 Å². The van der Waals surface area contributed by atoms with Gasteiger partial charge in [-0.3, -0.25) is 4.90 Å². The Morgan fingerprint density at radius 3 is 2.78 bits per heavy atom.